The number of ether oxygens (including phenoxy) is 1. The zero-order chi connectivity index (χ0) is 20.8. The van der Waals surface area contributed by atoms with Gasteiger partial charge in [-0.3, -0.25) is 4.79 Å². The van der Waals surface area contributed by atoms with Crippen molar-refractivity contribution in [2.45, 2.75) is 25.0 Å². The Morgan fingerprint density at radius 1 is 1.03 bits per heavy atom. The summed E-state index contributed by atoms with van der Waals surface area (Å²) in [6, 6.07) is 18.1. The zero-order valence-corrected chi connectivity index (χ0v) is 17.3. The van der Waals surface area contributed by atoms with Gasteiger partial charge in [0.1, 0.15) is 5.03 Å². The zero-order valence-electron chi connectivity index (χ0n) is 16.5. The van der Waals surface area contributed by atoms with E-state index in [2.05, 4.69) is 10.3 Å². The summed E-state index contributed by atoms with van der Waals surface area (Å²) in [5, 5.41) is 3.45. The molecule has 148 valence electrons. The Hall–Kier alpha value is -3.12. The van der Waals surface area contributed by atoms with E-state index >= 15 is 0 Å². The number of benzene rings is 2. The number of rotatable bonds is 6. The second-order valence-electron chi connectivity index (χ2n) is 6.56. The molecule has 29 heavy (non-hydrogen) atoms. The Kier molecular flexibility index (Phi) is 6.67. The molecule has 0 spiro atoms. The van der Waals surface area contributed by atoms with Gasteiger partial charge in [0.05, 0.1) is 5.56 Å². The van der Waals surface area contributed by atoms with Crippen molar-refractivity contribution in [2.24, 2.45) is 0 Å². The minimum absolute atomic E-state index is 0.334. The molecule has 1 heterocycles. The molecule has 0 unspecified atom stereocenters. The standard InChI is InChI=1S/C23H22N2O3S/c1-15-11-12-16(2)19(14-15)25-21(26)20(17-8-5-4-6-9-17)28-23(27)18-10-7-13-24-22(18)29-3/h4-14,20H,1-3H3,(H,25,26)/t20-/m0/s1. The first-order chi connectivity index (χ1) is 14.0. The van der Waals surface area contributed by atoms with Gasteiger partial charge < -0.3 is 10.1 Å². The van der Waals surface area contributed by atoms with Gasteiger partial charge in [-0.1, -0.05) is 42.5 Å². The first kappa shape index (κ1) is 20.6. The molecule has 0 bridgehead atoms. The fourth-order valence-corrected chi connectivity index (χ4v) is 3.39. The number of nitrogens with zero attached hydrogens (tertiary/aromatic N) is 1. The Bertz CT molecular complexity index is 1020. The Balaban J connectivity index is 1.90. The van der Waals surface area contributed by atoms with Gasteiger partial charge in [0.2, 0.25) is 6.10 Å². The lowest BCUT2D eigenvalue weighted by molar-refractivity contribution is -0.125. The van der Waals surface area contributed by atoms with Crippen molar-refractivity contribution in [2.75, 3.05) is 11.6 Å². The van der Waals surface area contributed by atoms with Gasteiger partial charge in [-0.2, -0.15) is 0 Å². The van der Waals surface area contributed by atoms with Crippen LogP contribution in [0, 0.1) is 13.8 Å². The number of esters is 1. The highest BCUT2D eigenvalue weighted by atomic mass is 32.2. The van der Waals surface area contributed by atoms with Crippen LogP contribution >= 0.6 is 11.8 Å². The molecule has 3 aromatic rings. The van der Waals surface area contributed by atoms with Gasteiger partial charge in [0.25, 0.3) is 5.91 Å². The van der Waals surface area contributed by atoms with E-state index in [4.69, 9.17) is 4.74 Å². The minimum Gasteiger partial charge on any atom is -0.444 e. The van der Waals surface area contributed by atoms with E-state index < -0.39 is 18.0 Å². The van der Waals surface area contributed by atoms with E-state index in [1.54, 1.807) is 42.6 Å². The normalized spacial score (nSPS) is 11.6. The van der Waals surface area contributed by atoms with Crippen molar-refractivity contribution in [3.63, 3.8) is 0 Å². The number of hydrogen-bond acceptors (Lipinski definition) is 5. The summed E-state index contributed by atoms with van der Waals surface area (Å²) in [4.78, 5) is 30.1. The third-order valence-corrected chi connectivity index (χ3v) is 5.11. The van der Waals surface area contributed by atoms with Crippen LogP contribution in [0.3, 0.4) is 0 Å². The predicted octanol–water partition coefficient (Wildman–Crippen LogP) is 4.96. The van der Waals surface area contributed by atoms with Gasteiger partial charge >= 0.3 is 5.97 Å². The van der Waals surface area contributed by atoms with Gasteiger partial charge in [-0.25, -0.2) is 9.78 Å². The van der Waals surface area contributed by atoms with Crippen molar-refractivity contribution in [1.29, 1.82) is 0 Å². The van der Waals surface area contributed by atoms with E-state index in [9.17, 15) is 9.59 Å². The Labute approximate surface area is 174 Å². The second-order valence-corrected chi connectivity index (χ2v) is 7.36. The molecular formula is C23H22N2O3S. The van der Waals surface area contributed by atoms with Crippen LogP contribution in [0.15, 0.2) is 71.9 Å². The van der Waals surface area contributed by atoms with Crippen molar-refractivity contribution >= 4 is 29.3 Å². The van der Waals surface area contributed by atoms with Gasteiger partial charge in [-0.05, 0) is 49.4 Å². The largest absolute Gasteiger partial charge is 0.444 e. The molecule has 1 aromatic heterocycles. The maximum absolute atomic E-state index is 13.1. The molecule has 2 aromatic carbocycles. The lowest BCUT2D eigenvalue weighted by Crippen LogP contribution is -2.26. The molecule has 0 aliphatic rings. The minimum atomic E-state index is -1.08. The number of anilines is 1. The molecule has 0 aliphatic carbocycles. The Morgan fingerprint density at radius 2 is 1.79 bits per heavy atom. The highest BCUT2D eigenvalue weighted by Crippen LogP contribution is 2.25. The summed E-state index contributed by atoms with van der Waals surface area (Å²) in [6.07, 6.45) is 2.37. The maximum Gasteiger partial charge on any atom is 0.342 e. The summed E-state index contributed by atoms with van der Waals surface area (Å²) >= 11 is 1.35. The molecule has 0 aliphatic heterocycles. The highest BCUT2D eigenvalue weighted by molar-refractivity contribution is 7.98. The molecule has 0 fully saturated rings. The number of pyridine rings is 1. The SMILES string of the molecule is CSc1ncccc1C(=O)O[C@H](C(=O)Nc1cc(C)ccc1C)c1ccccc1. The van der Waals surface area contributed by atoms with Crippen molar-refractivity contribution in [3.8, 4) is 0 Å². The third kappa shape index (κ3) is 5.03. The number of aromatic nitrogens is 1. The maximum atomic E-state index is 13.1. The van der Waals surface area contributed by atoms with Crippen LogP contribution in [0.25, 0.3) is 0 Å². The predicted molar refractivity (Wildman–Crippen MR) is 115 cm³/mol. The smallest absolute Gasteiger partial charge is 0.342 e. The molecule has 6 heteroatoms. The van der Waals surface area contributed by atoms with Gasteiger partial charge in [0.15, 0.2) is 0 Å². The fourth-order valence-electron chi connectivity index (χ4n) is 2.85. The van der Waals surface area contributed by atoms with Gasteiger partial charge in [0, 0.05) is 17.4 Å². The molecule has 0 radical (unpaired) electrons. The topological polar surface area (TPSA) is 68.3 Å². The van der Waals surface area contributed by atoms with E-state index in [-0.39, 0.29) is 0 Å². The van der Waals surface area contributed by atoms with Crippen LogP contribution in [0.5, 0.6) is 0 Å². The summed E-state index contributed by atoms with van der Waals surface area (Å²) in [5.41, 5.74) is 3.58. The molecule has 5 nitrogen and oxygen atoms in total. The number of carbonyl (C=O) groups is 2. The molecule has 1 atom stereocenters. The van der Waals surface area contributed by atoms with Crippen LogP contribution in [0.2, 0.25) is 0 Å². The van der Waals surface area contributed by atoms with E-state index in [0.29, 0.717) is 21.8 Å². The summed E-state index contributed by atoms with van der Waals surface area (Å²) < 4.78 is 5.66. The number of carbonyl (C=O) groups excluding carboxylic acids is 2. The van der Waals surface area contributed by atoms with E-state index in [1.807, 2.05) is 44.4 Å². The fraction of sp³-hybridized carbons (Fsp3) is 0.174. The van der Waals surface area contributed by atoms with E-state index in [1.165, 1.54) is 11.8 Å². The average molecular weight is 407 g/mol. The summed E-state index contributed by atoms with van der Waals surface area (Å²) in [7, 11) is 0. The summed E-state index contributed by atoms with van der Waals surface area (Å²) in [5.74, 6) is -1.000. The lowest BCUT2D eigenvalue weighted by Gasteiger charge is -2.19. The average Bonchev–Trinajstić information content (AvgIpc) is 2.74. The highest BCUT2D eigenvalue weighted by Gasteiger charge is 2.27. The number of thioether (sulfide) groups is 1. The van der Waals surface area contributed by atoms with Crippen LogP contribution < -0.4 is 5.32 Å². The third-order valence-electron chi connectivity index (χ3n) is 4.40. The molecule has 1 amide bonds. The first-order valence-corrected chi connectivity index (χ1v) is 10.3. The molecule has 3 rings (SSSR count). The van der Waals surface area contributed by atoms with Crippen LogP contribution in [0.4, 0.5) is 5.69 Å². The number of amides is 1. The van der Waals surface area contributed by atoms with Crippen LogP contribution in [0.1, 0.15) is 33.2 Å². The van der Waals surface area contributed by atoms with Crippen LogP contribution in [-0.4, -0.2) is 23.1 Å². The monoisotopic (exact) mass is 406 g/mol. The number of nitrogens with one attached hydrogen (secondary N) is 1. The van der Waals surface area contributed by atoms with E-state index in [0.717, 1.165) is 11.1 Å². The molecular weight excluding hydrogens is 384 g/mol. The van der Waals surface area contributed by atoms with Gasteiger partial charge in [-0.15, -0.1) is 11.8 Å². The molecule has 1 N–H and O–H groups in total. The Morgan fingerprint density at radius 3 is 2.52 bits per heavy atom. The van der Waals surface area contributed by atoms with Crippen molar-refractivity contribution in [3.05, 3.63) is 89.1 Å². The van der Waals surface area contributed by atoms with Crippen molar-refractivity contribution < 1.29 is 14.3 Å². The summed E-state index contributed by atoms with van der Waals surface area (Å²) in [6.45, 7) is 3.87. The second kappa shape index (κ2) is 9.39. The molecule has 0 saturated heterocycles. The van der Waals surface area contributed by atoms with Crippen molar-refractivity contribution in [1.82, 2.24) is 4.98 Å². The van der Waals surface area contributed by atoms with Crippen LogP contribution in [-0.2, 0) is 9.53 Å². The number of aryl methyl sites for hydroxylation is 2. The number of hydrogen-bond donors (Lipinski definition) is 1. The quantitative estimate of drug-likeness (QED) is 0.463. The lowest BCUT2D eigenvalue weighted by atomic mass is 10.1. The first-order valence-electron chi connectivity index (χ1n) is 9.12. The molecule has 0 saturated carbocycles.